The molecule has 7 heteroatoms. The van der Waals surface area contributed by atoms with Gasteiger partial charge in [-0.25, -0.2) is 4.98 Å². The van der Waals surface area contributed by atoms with Gasteiger partial charge in [0.05, 0.1) is 17.4 Å². The second-order valence-electron chi connectivity index (χ2n) is 6.74. The number of benzene rings is 1. The second kappa shape index (κ2) is 7.52. The number of ether oxygens (including phenoxy) is 1. The third kappa shape index (κ3) is 3.60. The predicted octanol–water partition coefficient (Wildman–Crippen LogP) is 3.41. The Morgan fingerprint density at radius 1 is 1.30 bits per heavy atom. The molecule has 0 spiro atoms. The Hall–Kier alpha value is -2.67. The van der Waals surface area contributed by atoms with Crippen LogP contribution < -0.4 is 15.0 Å². The molecule has 0 unspecified atom stereocenters. The number of hydrogen-bond acceptors (Lipinski definition) is 6. The van der Waals surface area contributed by atoms with E-state index in [-0.39, 0.29) is 11.9 Å². The predicted molar refractivity (Wildman–Crippen MR) is 108 cm³/mol. The molecule has 6 nitrogen and oxygen atoms in total. The molecule has 0 aliphatic carbocycles. The number of carbonyl (C=O) groups is 1. The maximum atomic E-state index is 12.3. The molecule has 1 aliphatic rings. The number of carbonyl (C=O) groups excluding carboxylic acids is 1. The Morgan fingerprint density at radius 2 is 2.11 bits per heavy atom. The minimum atomic E-state index is -0.0538. The van der Waals surface area contributed by atoms with Crippen LogP contribution in [0.4, 0.5) is 5.13 Å². The molecule has 2 aromatic heterocycles. The third-order valence-electron chi connectivity index (χ3n) is 4.94. The van der Waals surface area contributed by atoms with E-state index in [1.165, 1.54) is 10.3 Å². The Morgan fingerprint density at radius 3 is 2.81 bits per heavy atom. The van der Waals surface area contributed by atoms with Crippen molar-refractivity contribution in [1.29, 1.82) is 0 Å². The van der Waals surface area contributed by atoms with Crippen molar-refractivity contribution in [3.8, 4) is 5.75 Å². The summed E-state index contributed by atoms with van der Waals surface area (Å²) in [5.41, 5.74) is 2.76. The number of fused-ring (bicyclic) bond motifs is 1. The summed E-state index contributed by atoms with van der Waals surface area (Å²) in [5, 5.41) is 4.14. The van der Waals surface area contributed by atoms with Crippen LogP contribution in [-0.2, 0) is 0 Å². The molecule has 27 heavy (non-hydrogen) atoms. The number of piperidine rings is 1. The molecule has 1 fully saturated rings. The first kappa shape index (κ1) is 17.7. The van der Waals surface area contributed by atoms with Crippen LogP contribution in [-0.4, -0.2) is 42.1 Å². The molecule has 140 valence electrons. The van der Waals surface area contributed by atoms with Gasteiger partial charge < -0.3 is 15.0 Å². The van der Waals surface area contributed by atoms with Crippen molar-refractivity contribution < 1.29 is 9.53 Å². The summed E-state index contributed by atoms with van der Waals surface area (Å²) in [6.07, 6.45) is 5.07. The van der Waals surface area contributed by atoms with Gasteiger partial charge >= 0.3 is 0 Å². The van der Waals surface area contributed by atoms with E-state index in [4.69, 9.17) is 9.72 Å². The fourth-order valence-corrected chi connectivity index (χ4v) is 4.48. The average Bonchev–Trinajstić information content (AvgIpc) is 3.16. The van der Waals surface area contributed by atoms with Crippen LogP contribution in [0.1, 0.15) is 28.8 Å². The molecule has 1 amide bonds. The van der Waals surface area contributed by atoms with Gasteiger partial charge in [0.15, 0.2) is 5.13 Å². The zero-order valence-electron chi connectivity index (χ0n) is 15.4. The van der Waals surface area contributed by atoms with Gasteiger partial charge in [-0.1, -0.05) is 17.4 Å². The maximum Gasteiger partial charge on any atom is 0.253 e. The van der Waals surface area contributed by atoms with Crippen molar-refractivity contribution in [3.63, 3.8) is 0 Å². The summed E-state index contributed by atoms with van der Waals surface area (Å²) in [7, 11) is 1.68. The van der Waals surface area contributed by atoms with Crippen molar-refractivity contribution in [2.24, 2.45) is 0 Å². The molecule has 1 aromatic carbocycles. The van der Waals surface area contributed by atoms with Gasteiger partial charge in [0.25, 0.3) is 5.91 Å². The lowest BCUT2D eigenvalue weighted by Gasteiger charge is -2.32. The first-order valence-electron chi connectivity index (χ1n) is 9.05. The smallest absolute Gasteiger partial charge is 0.253 e. The number of thiazole rings is 1. The first-order valence-corrected chi connectivity index (χ1v) is 9.87. The highest BCUT2D eigenvalue weighted by molar-refractivity contribution is 7.22. The lowest BCUT2D eigenvalue weighted by molar-refractivity contribution is 0.0930. The molecule has 1 aliphatic heterocycles. The highest BCUT2D eigenvalue weighted by Gasteiger charge is 2.24. The molecule has 0 radical (unpaired) electrons. The number of nitrogens with one attached hydrogen (secondary N) is 1. The Balaban J connectivity index is 1.43. The monoisotopic (exact) mass is 382 g/mol. The van der Waals surface area contributed by atoms with Crippen molar-refractivity contribution in [1.82, 2.24) is 15.3 Å². The summed E-state index contributed by atoms with van der Waals surface area (Å²) < 4.78 is 6.64. The SMILES string of the molecule is COc1ccc(C)c2sc(N3CCC(NC(=O)c4cccnc4)CC3)nc12. The molecule has 1 saturated heterocycles. The second-order valence-corrected chi connectivity index (χ2v) is 7.71. The molecule has 0 atom stereocenters. The number of aromatic nitrogens is 2. The topological polar surface area (TPSA) is 67.3 Å². The van der Waals surface area contributed by atoms with Crippen molar-refractivity contribution >= 4 is 32.6 Å². The molecule has 1 N–H and O–H groups in total. The van der Waals surface area contributed by atoms with E-state index in [2.05, 4.69) is 28.2 Å². The molecule has 0 saturated carbocycles. The van der Waals surface area contributed by atoms with Crippen LogP contribution in [0.15, 0.2) is 36.7 Å². The number of hydrogen-bond donors (Lipinski definition) is 1. The standard InChI is InChI=1S/C20H22N4O2S/c1-13-5-6-16(26-2)17-18(13)27-20(23-17)24-10-7-15(8-11-24)22-19(25)14-4-3-9-21-12-14/h3-6,9,12,15H,7-8,10-11H2,1-2H3,(H,22,25). The van der Waals surface area contributed by atoms with E-state index in [1.54, 1.807) is 43.0 Å². The zero-order chi connectivity index (χ0) is 18.8. The molecule has 4 rings (SSSR count). The van der Waals surface area contributed by atoms with Crippen LogP contribution in [0.2, 0.25) is 0 Å². The summed E-state index contributed by atoms with van der Waals surface area (Å²) in [6, 6.07) is 7.79. The van der Waals surface area contributed by atoms with Crippen molar-refractivity contribution in [2.75, 3.05) is 25.1 Å². The molecular formula is C20H22N4O2S. The lowest BCUT2D eigenvalue weighted by Crippen LogP contribution is -2.44. The molecule has 0 bridgehead atoms. The molecular weight excluding hydrogens is 360 g/mol. The fraction of sp³-hybridized carbons (Fsp3) is 0.350. The largest absolute Gasteiger partial charge is 0.494 e. The van der Waals surface area contributed by atoms with Crippen LogP contribution in [0.25, 0.3) is 10.2 Å². The minimum absolute atomic E-state index is 0.0538. The number of anilines is 1. The average molecular weight is 382 g/mol. The van der Waals surface area contributed by atoms with E-state index in [1.807, 2.05) is 6.07 Å². The fourth-order valence-electron chi connectivity index (χ4n) is 3.38. The highest BCUT2D eigenvalue weighted by Crippen LogP contribution is 2.37. The van der Waals surface area contributed by atoms with Crippen molar-refractivity contribution in [3.05, 3.63) is 47.8 Å². The van der Waals surface area contributed by atoms with Crippen LogP contribution >= 0.6 is 11.3 Å². The van der Waals surface area contributed by atoms with Gasteiger partial charge in [-0.15, -0.1) is 0 Å². The van der Waals surface area contributed by atoms with Gasteiger partial charge in [0, 0.05) is 31.5 Å². The van der Waals surface area contributed by atoms with Gasteiger partial charge in [-0.2, -0.15) is 0 Å². The van der Waals surface area contributed by atoms with Gasteiger partial charge in [0.1, 0.15) is 11.3 Å². The van der Waals surface area contributed by atoms with Gasteiger partial charge in [-0.05, 0) is 43.5 Å². The number of rotatable bonds is 4. The van der Waals surface area contributed by atoms with Crippen LogP contribution in [0.5, 0.6) is 5.75 Å². The van der Waals surface area contributed by atoms with Gasteiger partial charge in [-0.3, -0.25) is 9.78 Å². The van der Waals surface area contributed by atoms with Crippen LogP contribution in [0, 0.1) is 6.92 Å². The molecule has 3 heterocycles. The highest BCUT2D eigenvalue weighted by atomic mass is 32.1. The molecule has 3 aromatic rings. The van der Waals surface area contributed by atoms with E-state index >= 15 is 0 Å². The van der Waals surface area contributed by atoms with E-state index in [0.717, 1.165) is 42.3 Å². The summed E-state index contributed by atoms with van der Waals surface area (Å²) >= 11 is 1.71. The van der Waals surface area contributed by atoms with E-state index < -0.39 is 0 Å². The maximum absolute atomic E-state index is 12.3. The lowest BCUT2D eigenvalue weighted by atomic mass is 10.1. The third-order valence-corrected chi connectivity index (χ3v) is 6.19. The van der Waals surface area contributed by atoms with Gasteiger partial charge in [0.2, 0.25) is 0 Å². The first-order chi connectivity index (χ1) is 13.2. The van der Waals surface area contributed by atoms with Crippen molar-refractivity contribution in [2.45, 2.75) is 25.8 Å². The minimum Gasteiger partial charge on any atom is -0.494 e. The Kier molecular flexibility index (Phi) is 4.94. The normalized spacial score (nSPS) is 15.1. The number of methoxy groups -OCH3 is 1. The summed E-state index contributed by atoms with van der Waals surface area (Å²) in [4.78, 5) is 23.4. The number of amides is 1. The van der Waals surface area contributed by atoms with E-state index in [0.29, 0.717) is 5.56 Å². The number of aryl methyl sites for hydroxylation is 1. The van der Waals surface area contributed by atoms with Crippen LogP contribution in [0.3, 0.4) is 0 Å². The summed E-state index contributed by atoms with van der Waals surface area (Å²) in [5.74, 6) is 0.763. The Labute approximate surface area is 162 Å². The quantitative estimate of drug-likeness (QED) is 0.749. The Bertz CT molecular complexity index is 949. The zero-order valence-corrected chi connectivity index (χ0v) is 16.3. The number of nitrogens with zero attached hydrogens (tertiary/aromatic N) is 3. The number of pyridine rings is 1. The van der Waals surface area contributed by atoms with E-state index in [9.17, 15) is 4.79 Å². The summed E-state index contributed by atoms with van der Waals surface area (Å²) in [6.45, 7) is 3.85.